The van der Waals surface area contributed by atoms with Crippen molar-refractivity contribution in [2.24, 2.45) is 0 Å². The summed E-state index contributed by atoms with van der Waals surface area (Å²) >= 11 is 2.07. The van der Waals surface area contributed by atoms with E-state index in [1.807, 2.05) is 0 Å². The van der Waals surface area contributed by atoms with Crippen LogP contribution in [0.15, 0.2) is 0 Å². The van der Waals surface area contributed by atoms with Crippen molar-refractivity contribution < 1.29 is 36.2 Å². The van der Waals surface area contributed by atoms with E-state index in [2.05, 4.69) is 11.8 Å². The average molecular weight is 323 g/mol. The topological polar surface area (TPSA) is 0 Å². The quantitative estimate of drug-likeness (QED) is 0.503. The molecule has 0 N–H and O–H groups in total. The van der Waals surface area contributed by atoms with Gasteiger partial charge in [-0.1, -0.05) is 0 Å². The van der Waals surface area contributed by atoms with E-state index in [4.69, 9.17) is 0 Å². The van der Waals surface area contributed by atoms with E-state index in [0.717, 1.165) is 0 Å². The van der Waals surface area contributed by atoms with Crippen molar-refractivity contribution in [3.05, 3.63) is 0 Å². The van der Waals surface area contributed by atoms with Gasteiger partial charge >= 0.3 is 0 Å². The third-order valence-electron chi connectivity index (χ3n) is 0.827. The number of halogens is 1. The molecular formula is C4H10AuClS-. The largest absolute Gasteiger partial charge is 1.00 e. The Bertz CT molecular complexity index is 27.6. The first-order valence-electron chi connectivity index (χ1n) is 2.08. The summed E-state index contributed by atoms with van der Waals surface area (Å²) in [5.74, 6) is 2.83. The van der Waals surface area contributed by atoms with E-state index in [1.54, 1.807) is 0 Å². The molecule has 0 unspecified atom stereocenters. The normalized spacial score (nSPS) is 17.1. The number of thioether (sulfide) groups is 1. The fourth-order valence-corrected chi connectivity index (χ4v) is 1.53. The smallest absolute Gasteiger partial charge is 0 e. The molecule has 3 heteroatoms. The molecule has 0 spiro atoms. The number of hydrogen-bond donors (Lipinski definition) is 0. The molecule has 0 aromatic heterocycles. The van der Waals surface area contributed by atoms with Crippen molar-refractivity contribution in [1.82, 2.24) is 0 Å². The average Bonchev–Trinajstić information content (AvgIpc) is 1.76. The molecule has 7 heavy (non-hydrogen) atoms. The molecule has 1 heterocycles. The van der Waals surface area contributed by atoms with E-state index in [1.165, 1.54) is 24.3 Å². The van der Waals surface area contributed by atoms with Crippen LogP contribution in [0.3, 0.4) is 0 Å². The SMILES string of the molecule is C1CCSC1.[Au].[Cl-].[HH]. The predicted molar refractivity (Wildman–Crippen MR) is 28.7 cm³/mol. The molecule has 1 saturated heterocycles. The zero-order valence-corrected chi connectivity index (χ0v) is 7.66. The van der Waals surface area contributed by atoms with Crippen molar-refractivity contribution in [1.29, 1.82) is 0 Å². The van der Waals surface area contributed by atoms with Crippen molar-refractivity contribution in [2.75, 3.05) is 11.5 Å². The van der Waals surface area contributed by atoms with Gasteiger partial charge in [0.2, 0.25) is 0 Å². The molecule has 0 aliphatic carbocycles. The maximum Gasteiger partial charge on any atom is 0 e. The van der Waals surface area contributed by atoms with Gasteiger partial charge in [0.05, 0.1) is 0 Å². The molecule has 1 fully saturated rings. The van der Waals surface area contributed by atoms with Crippen LogP contribution in [0.25, 0.3) is 0 Å². The molecule has 0 amide bonds. The van der Waals surface area contributed by atoms with Crippen LogP contribution in [-0.2, 0) is 22.4 Å². The van der Waals surface area contributed by atoms with E-state index in [0.29, 0.717) is 0 Å². The van der Waals surface area contributed by atoms with Gasteiger partial charge in [-0.15, -0.1) is 0 Å². The van der Waals surface area contributed by atoms with E-state index in [-0.39, 0.29) is 36.2 Å². The Hall–Kier alpha value is 1.38. The Morgan fingerprint density at radius 2 is 1.57 bits per heavy atom. The Labute approximate surface area is 72.2 Å². The van der Waals surface area contributed by atoms with Crippen molar-refractivity contribution in [2.45, 2.75) is 12.8 Å². The van der Waals surface area contributed by atoms with Crippen LogP contribution in [0.5, 0.6) is 0 Å². The fourth-order valence-electron chi connectivity index (χ4n) is 0.510. The third kappa shape index (κ3) is 5.25. The zero-order valence-electron chi connectivity index (χ0n) is 3.92. The van der Waals surface area contributed by atoms with Gasteiger partial charge in [-0.25, -0.2) is 0 Å². The molecule has 1 aliphatic heterocycles. The minimum absolute atomic E-state index is 0. The van der Waals surface area contributed by atoms with E-state index < -0.39 is 0 Å². The number of hydrogen-bond acceptors (Lipinski definition) is 1. The second-order valence-corrected chi connectivity index (χ2v) is 2.54. The van der Waals surface area contributed by atoms with Gasteiger partial charge in [-0.2, -0.15) is 11.8 Å². The molecule has 0 saturated carbocycles. The van der Waals surface area contributed by atoms with Gasteiger partial charge in [0.15, 0.2) is 0 Å². The monoisotopic (exact) mass is 322 g/mol. The first-order valence-corrected chi connectivity index (χ1v) is 3.23. The van der Waals surface area contributed by atoms with Crippen LogP contribution in [-0.4, -0.2) is 11.5 Å². The van der Waals surface area contributed by atoms with Crippen molar-refractivity contribution >= 4 is 11.8 Å². The molecular weight excluding hydrogens is 313 g/mol. The summed E-state index contributed by atoms with van der Waals surface area (Å²) in [6.07, 6.45) is 2.93. The molecule has 0 aromatic rings. The molecule has 0 aromatic carbocycles. The summed E-state index contributed by atoms with van der Waals surface area (Å²) in [6.45, 7) is 0. The Kier molecular flexibility index (Phi) is 11.8. The summed E-state index contributed by atoms with van der Waals surface area (Å²) in [4.78, 5) is 0. The summed E-state index contributed by atoms with van der Waals surface area (Å²) in [7, 11) is 0. The summed E-state index contributed by atoms with van der Waals surface area (Å²) in [6, 6.07) is 0. The maximum atomic E-state index is 2.07. The van der Waals surface area contributed by atoms with Crippen LogP contribution in [0, 0.1) is 0 Å². The standard InChI is InChI=1S/C4H8S.Au.ClH.H2/c1-2-4-5-3-1;;;/h1-4H2;;2*1H/p-1. The fraction of sp³-hybridized carbons (Fsp3) is 1.00. The number of rotatable bonds is 0. The van der Waals surface area contributed by atoms with Gasteiger partial charge in [-0.05, 0) is 24.3 Å². The molecule has 0 atom stereocenters. The predicted octanol–water partition coefficient (Wildman–Crippen LogP) is -1.24. The Balaban J connectivity index is -0.0000000833. The van der Waals surface area contributed by atoms with E-state index >= 15 is 0 Å². The van der Waals surface area contributed by atoms with Gasteiger partial charge < -0.3 is 12.4 Å². The van der Waals surface area contributed by atoms with Crippen molar-refractivity contribution in [3.8, 4) is 0 Å². The van der Waals surface area contributed by atoms with E-state index in [9.17, 15) is 0 Å². The maximum absolute atomic E-state index is 2.07. The summed E-state index contributed by atoms with van der Waals surface area (Å²) in [5.41, 5.74) is 0. The molecule has 1 aliphatic rings. The molecule has 1 radical (unpaired) electrons. The molecule has 0 nitrogen and oxygen atoms in total. The minimum Gasteiger partial charge on any atom is -1.00 e. The first kappa shape index (κ1) is 11.2. The van der Waals surface area contributed by atoms with Gasteiger partial charge in [-0.3, -0.25) is 0 Å². The summed E-state index contributed by atoms with van der Waals surface area (Å²) < 4.78 is 0. The van der Waals surface area contributed by atoms with Crippen LogP contribution < -0.4 is 12.4 Å². The summed E-state index contributed by atoms with van der Waals surface area (Å²) in [5, 5.41) is 0. The second-order valence-electron chi connectivity index (χ2n) is 1.32. The minimum atomic E-state index is 0. The molecule has 51 valence electrons. The Morgan fingerprint density at radius 3 is 1.71 bits per heavy atom. The Morgan fingerprint density at radius 1 is 1.14 bits per heavy atom. The van der Waals surface area contributed by atoms with Crippen LogP contribution in [0.4, 0.5) is 0 Å². The van der Waals surface area contributed by atoms with Gasteiger partial charge in [0.1, 0.15) is 0 Å². The molecule has 0 bridgehead atoms. The van der Waals surface area contributed by atoms with Crippen molar-refractivity contribution in [3.63, 3.8) is 0 Å². The van der Waals surface area contributed by atoms with Crippen LogP contribution in [0.2, 0.25) is 0 Å². The van der Waals surface area contributed by atoms with Crippen LogP contribution in [0.1, 0.15) is 14.3 Å². The van der Waals surface area contributed by atoms with Gasteiger partial charge in [0.25, 0.3) is 0 Å². The molecule has 1 rings (SSSR count). The second kappa shape index (κ2) is 7.38. The zero-order chi connectivity index (χ0) is 3.54. The van der Waals surface area contributed by atoms with Gasteiger partial charge in [0, 0.05) is 23.8 Å². The third-order valence-corrected chi connectivity index (χ3v) is 1.98. The van der Waals surface area contributed by atoms with Crippen LogP contribution >= 0.6 is 11.8 Å². The first-order chi connectivity index (χ1) is 2.50.